The van der Waals surface area contributed by atoms with Gasteiger partial charge in [-0.05, 0) is 24.3 Å². The predicted octanol–water partition coefficient (Wildman–Crippen LogP) is 2.01. The van der Waals surface area contributed by atoms with Gasteiger partial charge in [-0.15, -0.1) is 0 Å². The van der Waals surface area contributed by atoms with Crippen molar-refractivity contribution in [2.24, 2.45) is 0 Å². The number of nitrogens with zero attached hydrogens (tertiary/aromatic N) is 3. The van der Waals surface area contributed by atoms with Crippen molar-refractivity contribution in [1.29, 1.82) is 5.26 Å². The molecule has 1 N–H and O–H groups in total. The molecule has 0 amide bonds. The van der Waals surface area contributed by atoms with Crippen LogP contribution < -0.4 is 4.90 Å². The number of oxazole rings is 1. The Kier molecular flexibility index (Phi) is 2.98. The SMILES string of the molecule is CN(c1ccc(C#N)cc1)c1nc(C(=O)O)co1. The van der Waals surface area contributed by atoms with Crippen molar-refractivity contribution in [3.8, 4) is 6.07 Å². The zero-order valence-electron chi connectivity index (χ0n) is 9.49. The molecule has 0 aliphatic heterocycles. The van der Waals surface area contributed by atoms with Gasteiger partial charge in [0, 0.05) is 12.7 Å². The molecule has 0 bridgehead atoms. The van der Waals surface area contributed by atoms with Crippen molar-refractivity contribution in [3.05, 3.63) is 41.8 Å². The van der Waals surface area contributed by atoms with E-state index in [2.05, 4.69) is 4.98 Å². The molecule has 90 valence electrons. The van der Waals surface area contributed by atoms with Crippen LogP contribution in [0.3, 0.4) is 0 Å². The maximum absolute atomic E-state index is 10.7. The minimum Gasteiger partial charge on any atom is -0.476 e. The molecule has 0 aliphatic carbocycles. The van der Waals surface area contributed by atoms with Crippen molar-refractivity contribution in [2.75, 3.05) is 11.9 Å². The lowest BCUT2D eigenvalue weighted by Gasteiger charge is -2.13. The summed E-state index contributed by atoms with van der Waals surface area (Å²) < 4.78 is 5.07. The predicted molar refractivity (Wildman–Crippen MR) is 62.7 cm³/mol. The molecule has 0 unspecified atom stereocenters. The van der Waals surface area contributed by atoms with Gasteiger partial charge in [0.05, 0.1) is 11.6 Å². The Hall–Kier alpha value is -2.81. The van der Waals surface area contributed by atoms with Crippen LogP contribution in [0.15, 0.2) is 34.9 Å². The number of rotatable bonds is 3. The van der Waals surface area contributed by atoms with E-state index in [1.54, 1.807) is 36.2 Å². The number of benzene rings is 1. The van der Waals surface area contributed by atoms with Gasteiger partial charge in [-0.1, -0.05) is 0 Å². The average molecular weight is 243 g/mol. The number of anilines is 2. The zero-order valence-corrected chi connectivity index (χ0v) is 9.49. The molecule has 0 atom stereocenters. The summed E-state index contributed by atoms with van der Waals surface area (Å²) >= 11 is 0. The highest BCUT2D eigenvalue weighted by atomic mass is 16.4. The van der Waals surface area contributed by atoms with Gasteiger partial charge in [-0.25, -0.2) is 4.79 Å². The van der Waals surface area contributed by atoms with Crippen LogP contribution in [0.25, 0.3) is 0 Å². The Bertz CT molecular complexity index is 610. The first kappa shape index (κ1) is 11.7. The van der Waals surface area contributed by atoms with Crippen LogP contribution >= 0.6 is 0 Å². The summed E-state index contributed by atoms with van der Waals surface area (Å²) in [5, 5.41) is 17.4. The third-order valence-corrected chi connectivity index (χ3v) is 2.38. The highest BCUT2D eigenvalue weighted by Gasteiger charge is 2.14. The Morgan fingerprint density at radius 1 is 1.44 bits per heavy atom. The van der Waals surface area contributed by atoms with Gasteiger partial charge >= 0.3 is 12.0 Å². The number of hydrogen-bond acceptors (Lipinski definition) is 5. The van der Waals surface area contributed by atoms with Gasteiger partial charge in [0.15, 0.2) is 5.69 Å². The fraction of sp³-hybridized carbons (Fsp3) is 0.0833. The highest BCUT2D eigenvalue weighted by Crippen LogP contribution is 2.22. The summed E-state index contributed by atoms with van der Waals surface area (Å²) in [4.78, 5) is 16.1. The van der Waals surface area contributed by atoms with E-state index in [9.17, 15) is 4.79 Å². The molecule has 0 saturated carbocycles. The quantitative estimate of drug-likeness (QED) is 0.886. The zero-order chi connectivity index (χ0) is 13.1. The molecule has 1 heterocycles. The number of nitriles is 1. The first-order chi connectivity index (χ1) is 8.61. The van der Waals surface area contributed by atoms with Gasteiger partial charge in [0.25, 0.3) is 0 Å². The minimum absolute atomic E-state index is 0.148. The van der Waals surface area contributed by atoms with Gasteiger partial charge < -0.3 is 9.52 Å². The molecule has 0 saturated heterocycles. The third-order valence-electron chi connectivity index (χ3n) is 2.38. The van der Waals surface area contributed by atoms with E-state index in [0.29, 0.717) is 5.56 Å². The van der Waals surface area contributed by atoms with E-state index in [1.807, 2.05) is 6.07 Å². The number of aromatic nitrogens is 1. The molecular weight excluding hydrogens is 234 g/mol. The number of carboxylic acids is 1. The standard InChI is InChI=1S/C12H9N3O3/c1-15(9-4-2-8(6-13)3-5-9)12-14-10(7-18-12)11(16)17/h2-5,7H,1H3,(H,16,17). The number of carbonyl (C=O) groups is 1. The van der Waals surface area contributed by atoms with Gasteiger partial charge in [0.1, 0.15) is 6.26 Å². The smallest absolute Gasteiger partial charge is 0.357 e. The summed E-state index contributed by atoms with van der Waals surface area (Å²) in [5.41, 5.74) is 1.14. The maximum atomic E-state index is 10.7. The summed E-state index contributed by atoms with van der Waals surface area (Å²) in [6.07, 6.45) is 1.08. The van der Waals surface area contributed by atoms with Crippen molar-refractivity contribution in [2.45, 2.75) is 0 Å². The molecule has 0 fully saturated rings. The van der Waals surface area contributed by atoms with Crippen LogP contribution in [0.4, 0.5) is 11.7 Å². The third kappa shape index (κ3) is 2.15. The van der Waals surface area contributed by atoms with Crippen LogP contribution in [0.1, 0.15) is 16.1 Å². The molecule has 1 aromatic carbocycles. The van der Waals surface area contributed by atoms with Gasteiger partial charge in [-0.2, -0.15) is 10.2 Å². The van der Waals surface area contributed by atoms with E-state index in [-0.39, 0.29) is 11.7 Å². The van der Waals surface area contributed by atoms with Crippen LogP contribution in [0.5, 0.6) is 0 Å². The number of hydrogen-bond donors (Lipinski definition) is 1. The van der Waals surface area contributed by atoms with E-state index < -0.39 is 5.97 Å². The fourth-order valence-electron chi connectivity index (χ4n) is 1.39. The molecule has 6 heteroatoms. The molecule has 0 aliphatic rings. The lowest BCUT2D eigenvalue weighted by atomic mass is 10.2. The number of aromatic carboxylic acids is 1. The second-order valence-electron chi connectivity index (χ2n) is 3.54. The molecule has 0 spiro atoms. The Balaban J connectivity index is 2.26. The van der Waals surface area contributed by atoms with E-state index in [4.69, 9.17) is 14.8 Å². The monoisotopic (exact) mass is 243 g/mol. The largest absolute Gasteiger partial charge is 0.476 e. The normalized spacial score (nSPS) is 9.78. The lowest BCUT2D eigenvalue weighted by Crippen LogP contribution is -2.10. The van der Waals surface area contributed by atoms with Gasteiger partial charge in [0.2, 0.25) is 0 Å². The van der Waals surface area contributed by atoms with E-state index in [0.717, 1.165) is 12.0 Å². The second-order valence-corrected chi connectivity index (χ2v) is 3.54. The topological polar surface area (TPSA) is 90.4 Å². The summed E-state index contributed by atoms with van der Waals surface area (Å²) in [5.74, 6) is -1.14. The van der Waals surface area contributed by atoms with Crippen molar-refractivity contribution >= 4 is 17.7 Å². The molecule has 6 nitrogen and oxygen atoms in total. The maximum Gasteiger partial charge on any atom is 0.357 e. The molecular formula is C12H9N3O3. The van der Waals surface area contributed by atoms with Gasteiger partial charge in [-0.3, -0.25) is 4.90 Å². The lowest BCUT2D eigenvalue weighted by molar-refractivity contribution is 0.0690. The molecule has 0 radical (unpaired) electrons. The summed E-state index contributed by atoms with van der Waals surface area (Å²) in [7, 11) is 1.69. The van der Waals surface area contributed by atoms with Crippen LogP contribution in [-0.4, -0.2) is 23.1 Å². The Morgan fingerprint density at radius 2 is 2.11 bits per heavy atom. The second kappa shape index (κ2) is 4.59. The fourth-order valence-corrected chi connectivity index (χ4v) is 1.39. The Labute approximate surface area is 103 Å². The van der Waals surface area contributed by atoms with Crippen molar-refractivity contribution in [1.82, 2.24) is 4.98 Å². The van der Waals surface area contributed by atoms with Crippen LogP contribution in [0, 0.1) is 11.3 Å². The van der Waals surface area contributed by atoms with Crippen molar-refractivity contribution < 1.29 is 14.3 Å². The Morgan fingerprint density at radius 3 is 2.61 bits per heavy atom. The van der Waals surface area contributed by atoms with Crippen molar-refractivity contribution in [3.63, 3.8) is 0 Å². The van der Waals surface area contributed by atoms with Crippen LogP contribution in [-0.2, 0) is 0 Å². The first-order valence-corrected chi connectivity index (χ1v) is 5.04. The highest BCUT2D eigenvalue weighted by molar-refractivity contribution is 5.85. The average Bonchev–Trinajstić information content (AvgIpc) is 2.88. The summed E-state index contributed by atoms with van der Waals surface area (Å²) in [6, 6.07) is 8.96. The van der Waals surface area contributed by atoms with E-state index in [1.165, 1.54) is 0 Å². The van der Waals surface area contributed by atoms with Crippen LogP contribution in [0.2, 0.25) is 0 Å². The molecule has 2 rings (SSSR count). The van der Waals surface area contributed by atoms with E-state index >= 15 is 0 Å². The molecule has 1 aromatic heterocycles. The number of carboxylic acid groups (broad SMARTS) is 1. The molecule has 18 heavy (non-hydrogen) atoms. The molecule has 2 aromatic rings. The minimum atomic E-state index is -1.14. The summed E-state index contributed by atoms with van der Waals surface area (Å²) in [6.45, 7) is 0. The first-order valence-electron chi connectivity index (χ1n) is 5.04.